The van der Waals surface area contributed by atoms with Crippen LogP contribution in [0.2, 0.25) is 5.02 Å². The number of rotatable bonds is 5. The van der Waals surface area contributed by atoms with E-state index in [1.165, 1.54) is 11.0 Å². The number of nitrogens with zero attached hydrogens (tertiary/aromatic N) is 2. The Hall–Kier alpha value is -2.66. The van der Waals surface area contributed by atoms with Crippen molar-refractivity contribution < 1.29 is 4.79 Å². The molecule has 0 saturated carbocycles. The van der Waals surface area contributed by atoms with Gasteiger partial charge in [-0.05, 0) is 43.3 Å². The Morgan fingerprint density at radius 1 is 1.39 bits per heavy atom. The zero-order valence-corrected chi connectivity index (χ0v) is 13.7. The van der Waals surface area contributed by atoms with Crippen molar-refractivity contribution in [3.63, 3.8) is 0 Å². The average Bonchev–Trinajstić information content (AvgIpc) is 2.55. The SMILES string of the molecule is C=CC(=O)N(C)c1cnc(Nc2ccc(Cl)cc2)c(C(C)=N)c1. The van der Waals surface area contributed by atoms with Crippen LogP contribution in [0.4, 0.5) is 17.2 Å². The van der Waals surface area contributed by atoms with Gasteiger partial charge in [0, 0.05) is 29.0 Å². The maximum Gasteiger partial charge on any atom is 0.250 e. The molecule has 1 heterocycles. The summed E-state index contributed by atoms with van der Waals surface area (Å²) in [5.41, 5.74) is 2.36. The van der Waals surface area contributed by atoms with E-state index in [2.05, 4.69) is 16.9 Å². The number of pyridine rings is 1. The van der Waals surface area contributed by atoms with Crippen LogP contribution in [0, 0.1) is 5.41 Å². The predicted molar refractivity (Wildman–Crippen MR) is 95.1 cm³/mol. The third kappa shape index (κ3) is 3.96. The van der Waals surface area contributed by atoms with E-state index in [1.807, 2.05) is 12.1 Å². The molecule has 0 aliphatic heterocycles. The lowest BCUT2D eigenvalue weighted by atomic mass is 10.1. The van der Waals surface area contributed by atoms with Crippen molar-refractivity contribution in [1.29, 1.82) is 5.41 Å². The number of halogens is 1. The Balaban J connectivity index is 2.36. The largest absolute Gasteiger partial charge is 0.340 e. The van der Waals surface area contributed by atoms with Gasteiger partial charge in [0.15, 0.2) is 0 Å². The maximum absolute atomic E-state index is 11.7. The molecule has 0 fully saturated rings. The van der Waals surface area contributed by atoms with Crippen LogP contribution in [0.1, 0.15) is 12.5 Å². The quantitative estimate of drug-likeness (QED) is 0.643. The van der Waals surface area contributed by atoms with E-state index in [0.29, 0.717) is 27.8 Å². The summed E-state index contributed by atoms with van der Waals surface area (Å²) in [6, 6.07) is 8.94. The van der Waals surface area contributed by atoms with Crippen molar-refractivity contribution in [1.82, 2.24) is 4.98 Å². The molecule has 5 nitrogen and oxygen atoms in total. The first-order valence-corrected chi connectivity index (χ1v) is 7.28. The number of nitrogens with one attached hydrogen (secondary N) is 2. The van der Waals surface area contributed by atoms with Crippen molar-refractivity contribution >= 4 is 40.4 Å². The van der Waals surface area contributed by atoms with Gasteiger partial charge in [0.1, 0.15) is 5.82 Å². The number of carbonyl (C=O) groups excluding carboxylic acids is 1. The van der Waals surface area contributed by atoms with Crippen LogP contribution in [-0.2, 0) is 4.79 Å². The summed E-state index contributed by atoms with van der Waals surface area (Å²) < 4.78 is 0. The van der Waals surface area contributed by atoms with Gasteiger partial charge in [-0.3, -0.25) is 4.79 Å². The lowest BCUT2D eigenvalue weighted by Gasteiger charge is -2.18. The minimum atomic E-state index is -0.237. The molecule has 0 unspecified atom stereocenters. The first kappa shape index (κ1) is 16.7. The van der Waals surface area contributed by atoms with Crippen molar-refractivity contribution in [2.24, 2.45) is 0 Å². The van der Waals surface area contributed by atoms with Crippen molar-refractivity contribution in [2.75, 3.05) is 17.3 Å². The van der Waals surface area contributed by atoms with Crippen molar-refractivity contribution in [3.8, 4) is 0 Å². The summed E-state index contributed by atoms with van der Waals surface area (Å²) in [7, 11) is 1.64. The minimum Gasteiger partial charge on any atom is -0.340 e. The fraction of sp³-hybridized carbons (Fsp3) is 0.118. The van der Waals surface area contributed by atoms with Crippen LogP contribution in [0.5, 0.6) is 0 Å². The molecule has 1 aromatic carbocycles. The molecule has 0 spiro atoms. The average molecular weight is 329 g/mol. The highest BCUT2D eigenvalue weighted by Gasteiger charge is 2.13. The van der Waals surface area contributed by atoms with Gasteiger partial charge in [-0.15, -0.1) is 0 Å². The standard InChI is InChI=1S/C17H17ClN4O/c1-4-16(23)22(3)14-9-15(11(2)19)17(20-10-14)21-13-7-5-12(18)6-8-13/h4-10,19H,1H2,2-3H3,(H,20,21). The van der Waals surface area contributed by atoms with Gasteiger partial charge in [0.2, 0.25) is 5.91 Å². The molecule has 0 aliphatic rings. The van der Waals surface area contributed by atoms with E-state index in [-0.39, 0.29) is 5.91 Å². The first-order chi connectivity index (χ1) is 10.9. The number of anilines is 3. The summed E-state index contributed by atoms with van der Waals surface area (Å²) >= 11 is 5.87. The summed E-state index contributed by atoms with van der Waals surface area (Å²) in [4.78, 5) is 17.5. The molecule has 1 amide bonds. The van der Waals surface area contributed by atoms with Crippen LogP contribution in [0.25, 0.3) is 0 Å². The van der Waals surface area contributed by atoms with E-state index in [4.69, 9.17) is 17.0 Å². The topological polar surface area (TPSA) is 69.1 Å². The Morgan fingerprint density at radius 2 is 2.04 bits per heavy atom. The Labute approximate surface area is 140 Å². The van der Waals surface area contributed by atoms with Gasteiger partial charge >= 0.3 is 0 Å². The Bertz CT molecular complexity index is 756. The number of carbonyl (C=O) groups is 1. The van der Waals surface area contributed by atoms with E-state index in [9.17, 15) is 4.79 Å². The molecule has 0 atom stereocenters. The molecule has 0 radical (unpaired) electrons. The third-order valence-corrected chi connectivity index (χ3v) is 3.53. The zero-order valence-electron chi connectivity index (χ0n) is 12.9. The lowest BCUT2D eigenvalue weighted by molar-refractivity contribution is -0.113. The molecule has 118 valence electrons. The summed E-state index contributed by atoms with van der Waals surface area (Å²) in [6.07, 6.45) is 2.81. The van der Waals surface area contributed by atoms with Gasteiger partial charge in [-0.2, -0.15) is 0 Å². The number of benzene rings is 1. The zero-order chi connectivity index (χ0) is 17.0. The third-order valence-electron chi connectivity index (χ3n) is 3.28. The van der Waals surface area contributed by atoms with Crippen LogP contribution in [-0.4, -0.2) is 23.7 Å². The smallest absolute Gasteiger partial charge is 0.250 e. The summed E-state index contributed by atoms with van der Waals surface area (Å²) in [6.45, 7) is 5.14. The maximum atomic E-state index is 11.7. The highest BCUT2D eigenvalue weighted by molar-refractivity contribution is 6.30. The molecule has 6 heteroatoms. The van der Waals surface area contributed by atoms with Crippen LogP contribution in [0.15, 0.2) is 49.2 Å². The Kier molecular flexibility index (Phi) is 5.13. The first-order valence-electron chi connectivity index (χ1n) is 6.90. The van der Waals surface area contributed by atoms with Gasteiger partial charge in [-0.1, -0.05) is 18.2 Å². The van der Waals surface area contributed by atoms with E-state index < -0.39 is 0 Å². The van der Waals surface area contributed by atoms with Crippen molar-refractivity contribution in [2.45, 2.75) is 6.92 Å². The molecule has 2 rings (SSSR count). The second kappa shape index (κ2) is 7.07. The molecule has 2 N–H and O–H groups in total. The molecule has 2 aromatic rings. The number of aromatic nitrogens is 1. The van der Waals surface area contributed by atoms with E-state index >= 15 is 0 Å². The number of hydrogen-bond acceptors (Lipinski definition) is 4. The molecule has 0 bridgehead atoms. The van der Waals surface area contributed by atoms with Crippen LogP contribution < -0.4 is 10.2 Å². The fourth-order valence-corrected chi connectivity index (χ4v) is 2.08. The molecule has 23 heavy (non-hydrogen) atoms. The minimum absolute atomic E-state index is 0.237. The molecular weight excluding hydrogens is 312 g/mol. The van der Waals surface area contributed by atoms with Gasteiger partial charge < -0.3 is 15.6 Å². The second-order valence-corrected chi connectivity index (χ2v) is 5.38. The number of amides is 1. The summed E-state index contributed by atoms with van der Waals surface area (Å²) in [5.74, 6) is 0.307. The number of likely N-dealkylation sites (N-methyl/N-ethyl adjacent to an activating group) is 1. The normalized spacial score (nSPS) is 10.0. The monoisotopic (exact) mass is 328 g/mol. The molecular formula is C17H17ClN4O. The van der Waals surface area contributed by atoms with Gasteiger partial charge in [-0.25, -0.2) is 4.98 Å². The molecule has 0 saturated heterocycles. The lowest BCUT2D eigenvalue weighted by Crippen LogP contribution is -2.24. The number of hydrogen-bond donors (Lipinski definition) is 2. The molecule has 0 aliphatic carbocycles. The van der Waals surface area contributed by atoms with E-state index in [1.54, 1.807) is 38.4 Å². The molecule has 1 aromatic heterocycles. The predicted octanol–water partition coefficient (Wildman–Crippen LogP) is 4.02. The highest BCUT2D eigenvalue weighted by atomic mass is 35.5. The van der Waals surface area contributed by atoms with Crippen LogP contribution in [0.3, 0.4) is 0 Å². The van der Waals surface area contributed by atoms with Gasteiger partial charge in [0.25, 0.3) is 0 Å². The van der Waals surface area contributed by atoms with Gasteiger partial charge in [0.05, 0.1) is 11.9 Å². The highest BCUT2D eigenvalue weighted by Crippen LogP contribution is 2.24. The fourth-order valence-electron chi connectivity index (χ4n) is 1.96. The Morgan fingerprint density at radius 3 is 2.61 bits per heavy atom. The van der Waals surface area contributed by atoms with Crippen molar-refractivity contribution in [3.05, 3.63) is 59.8 Å². The summed E-state index contributed by atoms with van der Waals surface area (Å²) in [5, 5.41) is 11.7. The van der Waals surface area contributed by atoms with E-state index in [0.717, 1.165) is 5.69 Å². The van der Waals surface area contributed by atoms with Crippen LogP contribution >= 0.6 is 11.6 Å². The second-order valence-electron chi connectivity index (χ2n) is 4.95.